The number of nitrogens with one attached hydrogen (secondary N) is 3. The number of nitrogens with zero attached hydrogens (tertiary/aromatic N) is 2. The second-order valence-corrected chi connectivity index (χ2v) is 9.25. The Morgan fingerprint density at radius 3 is 2.83 bits per heavy atom. The highest BCUT2D eigenvalue weighted by atomic mass is 32.2. The summed E-state index contributed by atoms with van der Waals surface area (Å²) >= 11 is 0. The minimum atomic E-state index is -3.54. The highest BCUT2D eigenvalue weighted by molar-refractivity contribution is 7.89. The summed E-state index contributed by atoms with van der Waals surface area (Å²) < 4.78 is 32.2. The Balaban J connectivity index is 1.83. The average Bonchev–Trinajstić information content (AvgIpc) is 2.76. The fourth-order valence-corrected chi connectivity index (χ4v) is 4.81. The highest BCUT2D eigenvalue weighted by Crippen LogP contribution is 2.18. The fourth-order valence-electron chi connectivity index (χ4n) is 3.73. The van der Waals surface area contributed by atoms with Crippen LogP contribution in [-0.2, 0) is 21.3 Å². The molecule has 0 aromatic heterocycles. The van der Waals surface area contributed by atoms with Gasteiger partial charge in [-0.3, -0.25) is 9.89 Å². The van der Waals surface area contributed by atoms with Crippen molar-refractivity contribution in [2.45, 2.75) is 50.1 Å². The van der Waals surface area contributed by atoms with Crippen LogP contribution in [0.15, 0.2) is 34.2 Å². The van der Waals surface area contributed by atoms with Crippen LogP contribution in [0, 0.1) is 0 Å². The zero-order chi connectivity index (χ0) is 21.8. The lowest BCUT2D eigenvalue weighted by Gasteiger charge is -2.35. The first kappa shape index (κ1) is 24.6. The maximum absolute atomic E-state index is 12.4. The van der Waals surface area contributed by atoms with Gasteiger partial charge in [0, 0.05) is 46.4 Å². The number of guanidine groups is 1. The summed E-state index contributed by atoms with van der Waals surface area (Å²) in [6, 6.07) is 7.61. The number of ether oxygens (including phenoxy) is 1. The third-order valence-electron chi connectivity index (χ3n) is 5.40. The van der Waals surface area contributed by atoms with Crippen molar-refractivity contribution in [1.29, 1.82) is 0 Å². The molecule has 0 amide bonds. The summed E-state index contributed by atoms with van der Waals surface area (Å²) in [7, 11) is -0.263. The van der Waals surface area contributed by atoms with Crippen LogP contribution >= 0.6 is 0 Å². The summed E-state index contributed by atoms with van der Waals surface area (Å²) in [4.78, 5) is 7.09. The zero-order valence-corrected chi connectivity index (χ0v) is 19.3. The van der Waals surface area contributed by atoms with E-state index in [-0.39, 0.29) is 11.4 Å². The van der Waals surface area contributed by atoms with Gasteiger partial charge < -0.3 is 15.4 Å². The monoisotopic (exact) mass is 439 g/mol. The van der Waals surface area contributed by atoms with Crippen LogP contribution in [-0.4, -0.2) is 72.3 Å². The first-order valence-electron chi connectivity index (χ1n) is 10.8. The Morgan fingerprint density at radius 2 is 2.10 bits per heavy atom. The summed E-state index contributed by atoms with van der Waals surface area (Å²) in [6.45, 7) is 6.33. The fraction of sp³-hybridized carbons (Fsp3) is 0.667. The molecule has 0 saturated carbocycles. The molecule has 1 saturated heterocycles. The lowest BCUT2D eigenvalue weighted by Crippen LogP contribution is -2.45. The number of aliphatic imine (C=N–C) groups is 1. The Labute approximate surface area is 181 Å². The second-order valence-electron chi connectivity index (χ2n) is 7.48. The van der Waals surface area contributed by atoms with Crippen LogP contribution in [0.5, 0.6) is 0 Å². The Morgan fingerprint density at radius 1 is 1.27 bits per heavy atom. The van der Waals surface area contributed by atoms with Crippen LogP contribution in [0.1, 0.15) is 38.2 Å². The number of methoxy groups -OCH3 is 1. The van der Waals surface area contributed by atoms with Crippen molar-refractivity contribution in [3.05, 3.63) is 29.8 Å². The van der Waals surface area contributed by atoms with Crippen LogP contribution in [0.25, 0.3) is 0 Å². The molecule has 1 aromatic carbocycles. The number of piperidine rings is 1. The maximum Gasteiger partial charge on any atom is 0.240 e. The van der Waals surface area contributed by atoms with E-state index in [0.29, 0.717) is 25.2 Å². The number of benzene rings is 1. The Bertz CT molecular complexity index is 770. The standard InChI is InChI=1S/C21H37N5O3S/c1-4-19-9-5-6-13-26(19)14-11-23-21(22-2)24-17-18-8-7-10-20(16-18)30(27,28)25-12-15-29-3/h7-8,10,16,19,25H,4-6,9,11-15,17H2,1-3H3,(H2,22,23,24). The van der Waals surface area contributed by atoms with Gasteiger partial charge in [-0.25, -0.2) is 13.1 Å². The predicted octanol–water partition coefficient (Wildman–Crippen LogP) is 1.54. The van der Waals surface area contributed by atoms with E-state index in [1.165, 1.54) is 39.3 Å². The summed E-state index contributed by atoms with van der Waals surface area (Å²) in [5, 5.41) is 6.63. The van der Waals surface area contributed by atoms with Crippen molar-refractivity contribution in [2.24, 2.45) is 4.99 Å². The summed E-state index contributed by atoms with van der Waals surface area (Å²) in [5.74, 6) is 0.714. The topological polar surface area (TPSA) is 95.1 Å². The lowest BCUT2D eigenvalue weighted by atomic mass is 10.0. The first-order chi connectivity index (χ1) is 14.5. The number of hydrogen-bond acceptors (Lipinski definition) is 5. The normalized spacial score (nSPS) is 18.4. The van der Waals surface area contributed by atoms with Crippen LogP contribution < -0.4 is 15.4 Å². The maximum atomic E-state index is 12.4. The molecule has 30 heavy (non-hydrogen) atoms. The van der Waals surface area contributed by atoms with Gasteiger partial charge in [0.05, 0.1) is 11.5 Å². The molecule has 1 aliphatic heterocycles. The smallest absolute Gasteiger partial charge is 0.240 e. The Hall–Kier alpha value is -1.68. The van der Waals surface area contributed by atoms with E-state index in [1.54, 1.807) is 25.2 Å². The van der Waals surface area contributed by atoms with E-state index in [9.17, 15) is 8.42 Å². The summed E-state index contributed by atoms with van der Waals surface area (Å²) in [6.07, 6.45) is 5.11. The van der Waals surface area contributed by atoms with Gasteiger partial charge >= 0.3 is 0 Å². The van der Waals surface area contributed by atoms with Gasteiger partial charge in [0.15, 0.2) is 5.96 Å². The van der Waals surface area contributed by atoms with Gasteiger partial charge in [0.1, 0.15) is 0 Å². The van der Waals surface area contributed by atoms with Gasteiger partial charge in [-0.1, -0.05) is 25.5 Å². The number of rotatable bonds is 11. The largest absolute Gasteiger partial charge is 0.383 e. The van der Waals surface area contributed by atoms with Crippen molar-refractivity contribution in [1.82, 2.24) is 20.3 Å². The minimum Gasteiger partial charge on any atom is -0.383 e. The molecule has 1 heterocycles. The Kier molecular flexibility index (Phi) is 10.6. The highest BCUT2D eigenvalue weighted by Gasteiger charge is 2.20. The van der Waals surface area contributed by atoms with Gasteiger partial charge in [0.2, 0.25) is 10.0 Å². The van der Waals surface area contributed by atoms with E-state index >= 15 is 0 Å². The zero-order valence-electron chi connectivity index (χ0n) is 18.5. The van der Waals surface area contributed by atoms with E-state index in [4.69, 9.17) is 4.74 Å². The average molecular weight is 440 g/mol. The molecule has 2 rings (SSSR count). The van der Waals surface area contributed by atoms with Gasteiger partial charge in [0.25, 0.3) is 0 Å². The number of likely N-dealkylation sites (tertiary alicyclic amines) is 1. The number of sulfonamides is 1. The molecular weight excluding hydrogens is 402 g/mol. The number of hydrogen-bond donors (Lipinski definition) is 3. The molecule has 0 bridgehead atoms. The molecule has 0 radical (unpaired) electrons. The van der Waals surface area contributed by atoms with E-state index < -0.39 is 10.0 Å². The lowest BCUT2D eigenvalue weighted by molar-refractivity contribution is 0.147. The van der Waals surface area contributed by atoms with E-state index in [0.717, 1.165) is 18.7 Å². The molecule has 1 unspecified atom stereocenters. The molecule has 170 valence electrons. The molecule has 3 N–H and O–H groups in total. The molecule has 9 heteroatoms. The molecule has 0 spiro atoms. The van der Waals surface area contributed by atoms with Gasteiger partial charge in [-0.2, -0.15) is 0 Å². The van der Waals surface area contributed by atoms with E-state index in [2.05, 4.69) is 32.2 Å². The van der Waals surface area contributed by atoms with Crippen molar-refractivity contribution >= 4 is 16.0 Å². The molecule has 1 atom stereocenters. The molecule has 1 fully saturated rings. The molecule has 1 aromatic rings. The molecular formula is C21H37N5O3S. The third-order valence-corrected chi connectivity index (χ3v) is 6.86. The van der Waals surface area contributed by atoms with Crippen molar-refractivity contribution in [3.63, 3.8) is 0 Å². The molecule has 1 aliphatic rings. The van der Waals surface area contributed by atoms with Crippen LogP contribution in [0.2, 0.25) is 0 Å². The van der Waals surface area contributed by atoms with Crippen molar-refractivity contribution < 1.29 is 13.2 Å². The quantitative estimate of drug-likeness (QED) is 0.275. The predicted molar refractivity (Wildman–Crippen MR) is 121 cm³/mol. The van der Waals surface area contributed by atoms with Crippen molar-refractivity contribution in [3.8, 4) is 0 Å². The third kappa shape index (κ3) is 7.86. The van der Waals surface area contributed by atoms with Crippen LogP contribution in [0.3, 0.4) is 0 Å². The summed E-state index contributed by atoms with van der Waals surface area (Å²) in [5.41, 5.74) is 0.870. The molecule has 0 aliphatic carbocycles. The SMILES string of the molecule is CCC1CCCCN1CCNC(=NC)NCc1cccc(S(=O)(=O)NCCOC)c1. The van der Waals surface area contributed by atoms with Crippen LogP contribution in [0.4, 0.5) is 0 Å². The van der Waals surface area contributed by atoms with E-state index in [1.807, 2.05) is 6.07 Å². The first-order valence-corrected chi connectivity index (χ1v) is 12.2. The minimum absolute atomic E-state index is 0.244. The second kappa shape index (κ2) is 12.9. The van der Waals surface area contributed by atoms with Gasteiger partial charge in [-0.05, 0) is 43.5 Å². The van der Waals surface area contributed by atoms with Crippen molar-refractivity contribution in [2.75, 3.05) is 46.9 Å². The molecule has 8 nitrogen and oxygen atoms in total. The van der Waals surface area contributed by atoms with Gasteiger partial charge in [-0.15, -0.1) is 0 Å².